The molecule has 2 unspecified atom stereocenters. The van der Waals surface area contributed by atoms with Gasteiger partial charge >= 0.3 is 0 Å². The molecule has 5 heteroatoms. The van der Waals surface area contributed by atoms with Crippen molar-refractivity contribution in [3.8, 4) is 0 Å². The van der Waals surface area contributed by atoms with E-state index < -0.39 is 0 Å². The van der Waals surface area contributed by atoms with Crippen LogP contribution >= 0.6 is 0 Å². The molecule has 0 radical (unpaired) electrons. The van der Waals surface area contributed by atoms with Crippen molar-refractivity contribution in [1.29, 1.82) is 0 Å². The molecule has 14 heavy (non-hydrogen) atoms. The Kier molecular flexibility index (Phi) is 3.88. The minimum atomic E-state index is -0.208. The number of carbonyl (C=O) groups is 2. The van der Waals surface area contributed by atoms with E-state index in [9.17, 15) is 9.59 Å². The summed E-state index contributed by atoms with van der Waals surface area (Å²) in [5.41, 5.74) is 0. The number of carbonyl (C=O) groups excluding carboxylic acids is 2. The first-order valence-electron chi connectivity index (χ1n) is 4.88. The summed E-state index contributed by atoms with van der Waals surface area (Å²) in [7, 11) is 1.61. The molecule has 0 aromatic carbocycles. The number of nitrogens with one attached hydrogen (secondary N) is 3. The zero-order valence-corrected chi connectivity index (χ0v) is 8.59. The van der Waals surface area contributed by atoms with E-state index in [1.807, 2.05) is 6.92 Å². The predicted octanol–water partition coefficient (Wildman–Crippen LogP) is -1.01. The van der Waals surface area contributed by atoms with Gasteiger partial charge in [-0.05, 0) is 13.3 Å². The molecule has 1 aliphatic heterocycles. The zero-order valence-electron chi connectivity index (χ0n) is 8.59. The molecular weight excluding hydrogens is 182 g/mol. The van der Waals surface area contributed by atoms with Crippen molar-refractivity contribution < 1.29 is 9.59 Å². The van der Waals surface area contributed by atoms with E-state index in [0.29, 0.717) is 13.0 Å². The maximum atomic E-state index is 11.2. The first-order valence-corrected chi connectivity index (χ1v) is 4.88. The average molecular weight is 199 g/mol. The van der Waals surface area contributed by atoms with Gasteiger partial charge in [0.1, 0.15) is 0 Å². The van der Waals surface area contributed by atoms with Crippen LogP contribution in [0.25, 0.3) is 0 Å². The lowest BCUT2D eigenvalue weighted by Gasteiger charge is -2.26. The molecule has 0 aromatic heterocycles. The number of amides is 2. The van der Waals surface area contributed by atoms with Crippen LogP contribution in [0.1, 0.15) is 19.8 Å². The third-order valence-electron chi connectivity index (χ3n) is 2.39. The predicted molar refractivity (Wildman–Crippen MR) is 52.7 cm³/mol. The van der Waals surface area contributed by atoms with Gasteiger partial charge in [-0.2, -0.15) is 0 Å². The Morgan fingerprint density at radius 2 is 2.36 bits per heavy atom. The molecule has 0 spiro atoms. The molecule has 2 amide bonds. The second-order valence-corrected chi connectivity index (χ2v) is 3.54. The Bertz CT molecular complexity index is 220. The number of likely N-dealkylation sites (N-methyl/N-ethyl adjacent to an activating group) is 1. The van der Waals surface area contributed by atoms with Crippen LogP contribution in [0.2, 0.25) is 0 Å². The Labute approximate surface area is 83.6 Å². The molecule has 1 heterocycles. The lowest BCUT2D eigenvalue weighted by Crippen LogP contribution is -2.52. The minimum Gasteiger partial charge on any atom is -0.358 e. The second-order valence-electron chi connectivity index (χ2n) is 3.54. The van der Waals surface area contributed by atoms with Crippen LogP contribution in [0.5, 0.6) is 0 Å². The molecule has 0 saturated carbocycles. The Balaban J connectivity index is 2.30. The van der Waals surface area contributed by atoms with Gasteiger partial charge in [0, 0.05) is 26.1 Å². The summed E-state index contributed by atoms with van der Waals surface area (Å²) in [5.74, 6) is 0.0672. The normalized spacial score (nSPS) is 23.9. The fourth-order valence-corrected chi connectivity index (χ4v) is 1.52. The highest BCUT2D eigenvalue weighted by Gasteiger charge is 2.21. The molecule has 0 aromatic rings. The van der Waals surface area contributed by atoms with Crippen LogP contribution in [0.3, 0.4) is 0 Å². The quantitative estimate of drug-likeness (QED) is 0.545. The number of hydrogen-bond acceptors (Lipinski definition) is 3. The first-order chi connectivity index (χ1) is 6.63. The van der Waals surface area contributed by atoms with E-state index in [4.69, 9.17) is 0 Å². The molecule has 0 bridgehead atoms. The van der Waals surface area contributed by atoms with E-state index in [0.717, 1.165) is 6.42 Å². The van der Waals surface area contributed by atoms with E-state index in [2.05, 4.69) is 16.0 Å². The van der Waals surface area contributed by atoms with Crippen molar-refractivity contribution in [3.63, 3.8) is 0 Å². The monoisotopic (exact) mass is 199 g/mol. The third-order valence-corrected chi connectivity index (χ3v) is 2.39. The maximum Gasteiger partial charge on any atom is 0.236 e. The van der Waals surface area contributed by atoms with Crippen molar-refractivity contribution in [3.05, 3.63) is 0 Å². The summed E-state index contributed by atoms with van der Waals surface area (Å²) in [4.78, 5) is 22.1. The van der Waals surface area contributed by atoms with Crippen molar-refractivity contribution in [2.75, 3.05) is 13.6 Å². The summed E-state index contributed by atoms with van der Waals surface area (Å²) in [6, 6.07) is 0.00000189. The molecule has 1 saturated heterocycles. The molecule has 0 aliphatic carbocycles. The molecule has 80 valence electrons. The van der Waals surface area contributed by atoms with E-state index in [-0.39, 0.29) is 23.9 Å². The van der Waals surface area contributed by atoms with Gasteiger partial charge in [-0.25, -0.2) is 0 Å². The lowest BCUT2D eigenvalue weighted by molar-refractivity contribution is -0.123. The smallest absolute Gasteiger partial charge is 0.236 e. The maximum absolute atomic E-state index is 11.2. The largest absolute Gasteiger partial charge is 0.358 e. The van der Waals surface area contributed by atoms with Crippen molar-refractivity contribution in [2.24, 2.45) is 0 Å². The topological polar surface area (TPSA) is 70.2 Å². The molecular formula is C9H17N3O2. The fraction of sp³-hybridized carbons (Fsp3) is 0.778. The molecule has 1 rings (SSSR count). The lowest BCUT2D eigenvalue weighted by atomic mass is 10.1. The Morgan fingerprint density at radius 1 is 1.64 bits per heavy atom. The van der Waals surface area contributed by atoms with Crippen molar-refractivity contribution in [2.45, 2.75) is 31.8 Å². The highest BCUT2D eigenvalue weighted by Crippen LogP contribution is 2.03. The second kappa shape index (κ2) is 4.95. The average Bonchev–Trinajstić information content (AvgIpc) is 2.20. The molecule has 1 aliphatic rings. The van der Waals surface area contributed by atoms with E-state index in [1.165, 1.54) is 0 Å². The highest BCUT2D eigenvalue weighted by molar-refractivity contribution is 5.81. The molecule has 2 atom stereocenters. The first kappa shape index (κ1) is 11.0. The number of rotatable bonds is 3. The van der Waals surface area contributed by atoms with Crippen LogP contribution in [0.15, 0.2) is 0 Å². The van der Waals surface area contributed by atoms with Crippen LogP contribution in [0, 0.1) is 0 Å². The highest BCUT2D eigenvalue weighted by atomic mass is 16.2. The molecule has 3 N–H and O–H groups in total. The SMILES string of the molecule is CNC(=O)C(C)NC1CCC(=O)NC1. The Hall–Kier alpha value is -1.10. The Morgan fingerprint density at radius 3 is 2.86 bits per heavy atom. The van der Waals surface area contributed by atoms with Crippen LogP contribution in [0.4, 0.5) is 0 Å². The zero-order chi connectivity index (χ0) is 10.6. The van der Waals surface area contributed by atoms with Gasteiger partial charge in [-0.1, -0.05) is 0 Å². The summed E-state index contributed by atoms with van der Waals surface area (Å²) in [5, 5.41) is 8.50. The summed E-state index contributed by atoms with van der Waals surface area (Å²) < 4.78 is 0. The van der Waals surface area contributed by atoms with Gasteiger partial charge in [-0.15, -0.1) is 0 Å². The van der Waals surface area contributed by atoms with Gasteiger partial charge in [-0.3, -0.25) is 9.59 Å². The number of piperidine rings is 1. The van der Waals surface area contributed by atoms with Gasteiger partial charge in [0.05, 0.1) is 6.04 Å². The summed E-state index contributed by atoms with van der Waals surface area (Å²) >= 11 is 0. The van der Waals surface area contributed by atoms with Crippen LogP contribution < -0.4 is 16.0 Å². The van der Waals surface area contributed by atoms with Gasteiger partial charge in [0.2, 0.25) is 11.8 Å². The van der Waals surface area contributed by atoms with E-state index >= 15 is 0 Å². The fourth-order valence-electron chi connectivity index (χ4n) is 1.52. The van der Waals surface area contributed by atoms with Gasteiger partial charge < -0.3 is 16.0 Å². The standard InChI is InChI=1S/C9H17N3O2/c1-6(9(14)10-2)12-7-3-4-8(13)11-5-7/h6-7,12H,3-5H2,1-2H3,(H,10,14)(H,11,13). The minimum absolute atomic E-state index is 0.0260. The van der Waals surface area contributed by atoms with Gasteiger partial charge in [0.15, 0.2) is 0 Å². The summed E-state index contributed by atoms with van der Waals surface area (Å²) in [6.45, 7) is 2.43. The van der Waals surface area contributed by atoms with Crippen LogP contribution in [-0.4, -0.2) is 37.5 Å². The molecule has 5 nitrogen and oxygen atoms in total. The number of hydrogen-bond donors (Lipinski definition) is 3. The van der Waals surface area contributed by atoms with Gasteiger partial charge in [0.25, 0.3) is 0 Å². The van der Waals surface area contributed by atoms with Crippen molar-refractivity contribution >= 4 is 11.8 Å². The van der Waals surface area contributed by atoms with Crippen LogP contribution in [-0.2, 0) is 9.59 Å². The molecule has 1 fully saturated rings. The summed E-state index contributed by atoms with van der Waals surface area (Å²) in [6.07, 6.45) is 1.34. The van der Waals surface area contributed by atoms with Crippen molar-refractivity contribution in [1.82, 2.24) is 16.0 Å². The van der Waals surface area contributed by atoms with E-state index in [1.54, 1.807) is 7.05 Å². The third kappa shape index (κ3) is 2.99.